The fraction of sp³-hybridized carbons (Fsp3) is 0.650. The van der Waals surface area contributed by atoms with Gasteiger partial charge in [-0.1, -0.05) is 13.0 Å². The van der Waals surface area contributed by atoms with E-state index in [2.05, 4.69) is 0 Å². The first-order valence-corrected chi connectivity index (χ1v) is 9.57. The van der Waals surface area contributed by atoms with E-state index >= 15 is 0 Å². The third-order valence-electron chi connectivity index (χ3n) is 5.90. The Balaban J connectivity index is 1.94. The van der Waals surface area contributed by atoms with E-state index in [9.17, 15) is 35.4 Å². The molecule has 0 radical (unpaired) electrons. The number of Topliss-reactive ketones (excluding diaryl/α,β-unsaturated/α-hetero) is 1. The van der Waals surface area contributed by atoms with Crippen molar-refractivity contribution in [1.29, 1.82) is 0 Å². The zero-order valence-electron chi connectivity index (χ0n) is 16.5. The molecule has 1 aromatic rings. The standard InChI is InChI=1S/C20H28O9/c1-7-4-11-14(8(2)10(7)5-13(22)23)15(24)9(3)19(11)29-20-18(27)17(26)16(25)12(6-21)28-20/h4,9,12-13,16-23,25-27H,5-6H2,1-3H3/t9-,12-,16-,17+,18-,19+,20+/m1/s1. The van der Waals surface area contributed by atoms with Crippen LogP contribution in [0.4, 0.5) is 0 Å². The Hall–Kier alpha value is -1.43. The topological polar surface area (TPSA) is 157 Å². The minimum Gasteiger partial charge on any atom is -0.394 e. The van der Waals surface area contributed by atoms with E-state index in [4.69, 9.17) is 9.47 Å². The van der Waals surface area contributed by atoms with Gasteiger partial charge in [0.05, 0.1) is 18.6 Å². The first kappa shape index (κ1) is 22.3. The number of carbonyl (C=O) groups excluding carboxylic acids is 1. The molecule has 0 unspecified atom stereocenters. The van der Waals surface area contributed by atoms with Crippen molar-refractivity contribution in [2.24, 2.45) is 5.92 Å². The molecule has 1 fully saturated rings. The lowest BCUT2D eigenvalue weighted by molar-refractivity contribution is -0.314. The smallest absolute Gasteiger partial charge is 0.187 e. The van der Waals surface area contributed by atoms with Crippen molar-refractivity contribution in [2.45, 2.75) is 70.3 Å². The van der Waals surface area contributed by atoms with Gasteiger partial charge in [-0.05, 0) is 36.1 Å². The predicted molar refractivity (Wildman–Crippen MR) is 98.9 cm³/mol. The highest BCUT2D eigenvalue weighted by atomic mass is 16.7. The maximum absolute atomic E-state index is 12.9. The lowest BCUT2D eigenvalue weighted by Crippen LogP contribution is -2.59. The summed E-state index contributed by atoms with van der Waals surface area (Å²) in [7, 11) is 0. The predicted octanol–water partition coefficient (Wildman–Crippen LogP) is -1.15. The molecule has 7 atom stereocenters. The zero-order chi connectivity index (χ0) is 21.6. The van der Waals surface area contributed by atoms with Gasteiger partial charge in [-0.15, -0.1) is 0 Å². The molecular formula is C20H28O9. The van der Waals surface area contributed by atoms with Gasteiger partial charge in [-0.25, -0.2) is 0 Å². The summed E-state index contributed by atoms with van der Waals surface area (Å²) in [5.74, 6) is -0.787. The van der Waals surface area contributed by atoms with Crippen LogP contribution in [0.25, 0.3) is 0 Å². The number of hydrogen-bond donors (Lipinski definition) is 6. The van der Waals surface area contributed by atoms with Crippen LogP contribution in [0.2, 0.25) is 0 Å². The van der Waals surface area contributed by atoms with Crippen LogP contribution < -0.4 is 0 Å². The van der Waals surface area contributed by atoms with Crippen LogP contribution in [0.15, 0.2) is 6.07 Å². The second-order valence-electron chi connectivity index (χ2n) is 7.85. The summed E-state index contributed by atoms with van der Waals surface area (Å²) in [4.78, 5) is 12.9. The number of benzene rings is 1. The molecule has 1 aromatic carbocycles. The average molecular weight is 412 g/mol. The normalized spacial score (nSPS) is 34.7. The SMILES string of the molecule is Cc1cc2c(c(C)c1CC(O)O)C(=O)[C@@H](C)[C@@H]2O[C@@H]1O[C@H](CO)[C@@H](O)[C@H](O)[C@H]1O. The van der Waals surface area contributed by atoms with Crippen molar-refractivity contribution in [2.75, 3.05) is 6.61 Å². The Labute approximate surface area is 168 Å². The van der Waals surface area contributed by atoms with E-state index in [1.807, 2.05) is 0 Å². The number of aliphatic hydroxyl groups is 6. The summed E-state index contributed by atoms with van der Waals surface area (Å²) in [6, 6.07) is 1.75. The van der Waals surface area contributed by atoms with Gasteiger partial charge < -0.3 is 40.1 Å². The van der Waals surface area contributed by atoms with Crippen molar-refractivity contribution < 1.29 is 44.9 Å². The number of ether oxygens (including phenoxy) is 2. The van der Waals surface area contributed by atoms with E-state index in [1.54, 1.807) is 26.8 Å². The maximum Gasteiger partial charge on any atom is 0.187 e. The monoisotopic (exact) mass is 412 g/mol. The van der Waals surface area contributed by atoms with Crippen LogP contribution in [-0.4, -0.2) is 80.0 Å². The van der Waals surface area contributed by atoms with E-state index < -0.39 is 55.6 Å². The molecule has 0 saturated carbocycles. The quantitative estimate of drug-likeness (QED) is 0.329. The minimum absolute atomic E-state index is 0.00908. The molecule has 0 aromatic heterocycles. The number of aliphatic hydroxyl groups excluding tert-OH is 5. The van der Waals surface area contributed by atoms with E-state index in [-0.39, 0.29) is 12.2 Å². The summed E-state index contributed by atoms with van der Waals surface area (Å²) in [5, 5.41) is 58.2. The Kier molecular flexibility index (Phi) is 6.42. The highest BCUT2D eigenvalue weighted by Gasteiger charge is 2.48. The number of aryl methyl sites for hydroxylation is 1. The lowest BCUT2D eigenvalue weighted by Gasteiger charge is -2.41. The molecule has 29 heavy (non-hydrogen) atoms. The largest absolute Gasteiger partial charge is 0.394 e. The molecule has 1 aliphatic heterocycles. The van der Waals surface area contributed by atoms with Crippen molar-refractivity contribution in [3.05, 3.63) is 33.9 Å². The maximum atomic E-state index is 12.9. The van der Waals surface area contributed by atoms with Crippen molar-refractivity contribution >= 4 is 5.78 Å². The number of hydrogen-bond acceptors (Lipinski definition) is 9. The Morgan fingerprint density at radius 3 is 2.38 bits per heavy atom. The molecule has 9 heteroatoms. The van der Waals surface area contributed by atoms with Gasteiger partial charge in [-0.2, -0.15) is 0 Å². The first-order valence-electron chi connectivity index (χ1n) is 9.57. The Morgan fingerprint density at radius 2 is 1.79 bits per heavy atom. The second kappa shape index (κ2) is 8.37. The van der Waals surface area contributed by atoms with Crippen LogP contribution in [0.3, 0.4) is 0 Å². The minimum atomic E-state index is -1.57. The van der Waals surface area contributed by atoms with Gasteiger partial charge in [-0.3, -0.25) is 4.79 Å². The molecule has 3 rings (SSSR count). The van der Waals surface area contributed by atoms with Gasteiger partial charge >= 0.3 is 0 Å². The fourth-order valence-electron chi connectivity index (χ4n) is 4.25. The van der Waals surface area contributed by atoms with Gasteiger partial charge in [0.1, 0.15) is 24.4 Å². The van der Waals surface area contributed by atoms with Crippen molar-refractivity contribution in [3.8, 4) is 0 Å². The number of carbonyl (C=O) groups is 1. The summed E-state index contributed by atoms with van der Waals surface area (Å²) in [6.07, 6.45) is -9.42. The molecule has 0 amide bonds. The van der Waals surface area contributed by atoms with Gasteiger partial charge in [0.15, 0.2) is 18.4 Å². The third-order valence-corrected chi connectivity index (χ3v) is 5.90. The first-order chi connectivity index (χ1) is 13.6. The molecule has 2 aliphatic rings. The van der Waals surface area contributed by atoms with Crippen LogP contribution in [-0.2, 0) is 15.9 Å². The number of fused-ring (bicyclic) bond motifs is 1. The van der Waals surface area contributed by atoms with Gasteiger partial charge in [0, 0.05) is 12.0 Å². The lowest BCUT2D eigenvalue weighted by atomic mass is 9.91. The molecule has 1 saturated heterocycles. The molecule has 6 N–H and O–H groups in total. The van der Waals surface area contributed by atoms with Crippen LogP contribution in [0, 0.1) is 19.8 Å². The zero-order valence-corrected chi connectivity index (χ0v) is 16.5. The third kappa shape index (κ3) is 3.85. The molecule has 1 heterocycles. The highest BCUT2D eigenvalue weighted by Crippen LogP contribution is 2.43. The van der Waals surface area contributed by atoms with Crippen LogP contribution >= 0.6 is 0 Å². The number of rotatable bonds is 5. The van der Waals surface area contributed by atoms with E-state index in [0.717, 1.165) is 5.56 Å². The van der Waals surface area contributed by atoms with E-state index in [1.165, 1.54) is 0 Å². The summed E-state index contributed by atoms with van der Waals surface area (Å²) < 4.78 is 11.3. The molecular weight excluding hydrogens is 384 g/mol. The van der Waals surface area contributed by atoms with Crippen molar-refractivity contribution in [1.82, 2.24) is 0 Å². The molecule has 162 valence electrons. The average Bonchev–Trinajstić information content (AvgIpc) is 2.89. The number of ketones is 1. The summed E-state index contributed by atoms with van der Waals surface area (Å²) in [5.41, 5.74) is 3.11. The van der Waals surface area contributed by atoms with Crippen LogP contribution in [0.1, 0.15) is 45.6 Å². The molecule has 0 bridgehead atoms. The second-order valence-corrected chi connectivity index (χ2v) is 7.85. The Morgan fingerprint density at radius 1 is 1.14 bits per heavy atom. The van der Waals surface area contributed by atoms with E-state index in [0.29, 0.717) is 22.3 Å². The van der Waals surface area contributed by atoms with Gasteiger partial charge in [0.25, 0.3) is 0 Å². The molecule has 9 nitrogen and oxygen atoms in total. The fourth-order valence-corrected chi connectivity index (χ4v) is 4.25. The highest BCUT2D eigenvalue weighted by molar-refractivity contribution is 6.04. The molecule has 1 aliphatic carbocycles. The van der Waals surface area contributed by atoms with Gasteiger partial charge in [0.2, 0.25) is 0 Å². The summed E-state index contributed by atoms with van der Waals surface area (Å²) in [6.45, 7) is 4.63. The van der Waals surface area contributed by atoms with Crippen molar-refractivity contribution in [3.63, 3.8) is 0 Å². The van der Waals surface area contributed by atoms with Crippen LogP contribution in [0.5, 0.6) is 0 Å². The molecule has 0 spiro atoms. The Bertz CT molecular complexity index is 776. The summed E-state index contributed by atoms with van der Waals surface area (Å²) >= 11 is 0.